The van der Waals surface area contributed by atoms with Gasteiger partial charge in [-0.1, -0.05) is 11.3 Å². The molecule has 112 valence electrons. The van der Waals surface area contributed by atoms with Gasteiger partial charge >= 0.3 is 5.97 Å². The summed E-state index contributed by atoms with van der Waals surface area (Å²) < 4.78 is 5.90. The van der Waals surface area contributed by atoms with Crippen molar-refractivity contribution >= 4 is 38.6 Å². The van der Waals surface area contributed by atoms with Crippen LogP contribution in [-0.2, 0) is 9.53 Å². The Labute approximate surface area is 125 Å². The minimum atomic E-state index is -0.980. The van der Waals surface area contributed by atoms with Crippen molar-refractivity contribution in [2.24, 2.45) is 0 Å². The number of nitrogens with zero attached hydrogens (tertiary/aromatic N) is 1. The highest BCUT2D eigenvalue weighted by Gasteiger charge is 2.10. The number of aromatic nitrogens is 1. The van der Waals surface area contributed by atoms with Crippen LogP contribution in [0.4, 0.5) is 5.13 Å². The number of thiazole rings is 1. The molecule has 0 saturated heterocycles. The lowest BCUT2D eigenvalue weighted by Crippen LogP contribution is -2.11. The molecule has 0 aliphatic heterocycles. The molecule has 2 N–H and O–H groups in total. The van der Waals surface area contributed by atoms with Crippen LogP contribution in [0.25, 0.3) is 10.2 Å². The number of carboxylic acids is 1. The highest BCUT2D eigenvalue weighted by atomic mass is 32.1. The second kappa shape index (κ2) is 7.14. The minimum Gasteiger partial charge on any atom is -0.478 e. The molecule has 0 saturated carbocycles. The van der Waals surface area contributed by atoms with E-state index in [1.165, 1.54) is 17.4 Å². The molecule has 0 aliphatic rings. The monoisotopic (exact) mass is 308 g/mol. The van der Waals surface area contributed by atoms with Gasteiger partial charge in [-0.25, -0.2) is 9.78 Å². The maximum Gasteiger partial charge on any atom is 0.335 e. The molecule has 6 nitrogen and oxygen atoms in total. The van der Waals surface area contributed by atoms with Crippen LogP contribution in [0.1, 0.15) is 30.1 Å². The Balaban J connectivity index is 1.99. The number of nitrogens with one attached hydrogen (secondary N) is 1. The predicted molar refractivity (Wildman–Crippen MR) is 80.9 cm³/mol. The summed E-state index contributed by atoms with van der Waals surface area (Å²) in [5, 5.41) is 12.1. The zero-order chi connectivity index (χ0) is 15.2. The predicted octanol–water partition coefficient (Wildman–Crippen LogP) is 2.75. The van der Waals surface area contributed by atoms with Crippen LogP contribution < -0.4 is 5.32 Å². The molecule has 2 aromatic rings. The number of ether oxygens (including phenoxy) is 1. The van der Waals surface area contributed by atoms with Crippen LogP contribution in [0.15, 0.2) is 18.2 Å². The standard InChI is InChI=1S/C14H16N2O4S/c1-2-20-7-3-4-12(17)16-14-15-10-6-5-9(13(18)19)8-11(10)21-14/h5-6,8H,2-4,7H2,1H3,(H,18,19)(H,15,16,17). The second-order valence-electron chi connectivity index (χ2n) is 4.36. The smallest absolute Gasteiger partial charge is 0.335 e. The summed E-state index contributed by atoms with van der Waals surface area (Å²) in [6.45, 7) is 3.11. The van der Waals surface area contributed by atoms with Gasteiger partial charge in [0.2, 0.25) is 5.91 Å². The van der Waals surface area contributed by atoms with Crippen molar-refractivity contribution in [3.63, 3.8) is 0 Å². The lowest BCUT2D eigenvalue weighted by molar-refractivity contribution is -0.116. The van der Waals surface area contributed by atoms with Crippen molar-refractivity contribution in [3.05, 3.63) is 23.8 Å². The van der Waals surface area contributed by atoms with Gasteiger partial charge in [0.25, 0.3) is 0 Å². The summed E-state index contributed by atoms with van der Waals surface area (Å²) in [4.78, 5) is 26.9. The number of anilines is 1. The van der Waals surface area contributed by atoms with Crippen LogP contribution in [-0.4, -0.2) is 35.2 Å². The lowest BCUT2D eigenvalue weighted by atomic mass is 10.2. The van der Waals surface area contributed by atoms with Gasteiger partial charge in [-0.15, -0.1) is 0 Å². The van der Waals surface area contributed by atoms with Crippen molar-refractivity contribution < 1.29 is 19.4 Å². The molecule has 0 radical (unpaired) electrons. The number of fused-ring (bicyclic) bond motifs is 1. The number of carboxylic acid groups (broad SMARTS) is 1. The molecule has 1 heterocycles. The third-order valence-corrected chi connectivity index (χ3v) is 3.71. The molecule has 1 aromatic carbocycles. The number of carbonyl (C=O) groups excluding carboxylic acids is 1. The van der Waals surface area contributed by atoms with Crippen molar-refractivity contribution in [1.29, 1.82) is 0 Å². The number of amides is 1. The maximum atomic E-state index is 11.7. The van der Waals surface area contributed by atoms with Gasteiger partial charge in [0.15, 0.2) is 5.13 Å². The van der Waals surface area contributed by atoms with E-state index in [2.05, 4.69) is 10.3 Å². The molecule has 0 spiro atoms. The first kappa shape index (κ1) is 15.4. The largest absolute Gasteiger partial charge is 0.478 e. The summed E-state index contributed by atoms with van der Waals surface area (Å²) in [6.07, 6.45) is 1.03. The van der Waals surface area contributed by atoms with E-state index in [0.29, 0.717) is 36.7 Å². The van der Waals surface area contributed by atoms with Gasteiger partial charge in [-0.05, 0) is 31.5 Å². The topological polar surface area (TPSA) is 88.5 Å². The maximum absolute atomic E-state index is 11.7. The molecular weight excluding hydrogens is 292 g/mol. The van der Waals surface area contributed by atoms with Crippen molar-refractivity contribution in [1.82, 2.24) is 4.98 Å². The molecule has 0 bridgehead atoms. The molecule has 0 atom stereocenters. The summed E-state index contributed by atoms with van der Waals surface area (Å²) in [5.41, 5.74) is 0.885. The number of hydrogen-bond donors (Lipinski definition) is 2. The molecule has 1 amide bonds. The second-order valence-corrected chi connectivity index (χ2v) is 5.39. The highest BCUT2D eigenvalue weighted by Crippen LogP contribution is 2.27. The van der Waals surface area contributed by atoms with Crippen LogP contribution in [0.2, 0.25) is 0 Å². The third kappa shape index (κ3) is 4.24. The van der Waals surface area contributed by atoms with E-state index in [1.807, 2.05) is 6.92 Å². The fourth-order valence-corrected chi connectivity index (χ4v) is 2.69. The molecule has 2 rings (SSSR count). The van der Waals surface area contributed by atoms with E-state index in [1.54, 1.807) is 12.1 Å². The number of hydrogen-bond acceptors (Lipinski definition) is 5. The van der Waals surface area contributed by atoms with Gasteiger partial charge < -0.3 is 15.2 Å². The molecule has 21 heavy (non-hydrogen) atoms. The number of rotatable bonds is 7. The number of carbonyl (C=O) groups is 2. The first-order valence-electron chi connectivity index (χ1n) is 6.61. The summed E-state index contributed by atoms with van der Waals surface area (Å²) in [7, 11) is 0. The summed E-state index contributed by atoms with van der Waals surface area (Å²) in [6, 6.07) is 4.69. The highest BCUT2D eigenvalue weighted by molar-refractivity contribution is 7.22. The Morgan fingerprint density at radius 2 is 2.24 bits per heavy atom. The first-order valence-corrected chi connectivity index (χ1v) is 7.43. The van der Waals surface area contributed by atoms with Crippen molar-refractivity contribution in [3.8, 4) is 0 Å². The Kier molecular flexibility index (Phi) is 5.24. The summed E-state index contributed by atoms with van der Waals surface area (Å²) >= 11 is 1.26. The van der Waals surface area contributed by atoms with Gasteiger partial charge in [0.1, 0.15) is 0 Å². The Morgan fingerprint density at radius 1 is 1.43 bits per heavy atom. The lowest BCUT2D eigenvalue weighted by Gasteiger charge is -2.01. The summed E-state index contributed by atoms with van der Waals surface area (Å²) in [5.74, 6) is -1.10. The van der Waals surface area contributed by atoms with E-state index in [0.717, 1.165) is 4.70 Å². The van der Waals surface area contributed by atoms with Gasteiger partial charge in [-0.3, -0.25) is 4.79 Å². The van der Waals surface area contributed by atoms with E-state index < -0.39 is 5.97 Å². The van der Waals surface area contributed by atoms with Crippen molar-refractivity contribution in [2.75, 3.05) is 18.5 Å². The van der Waals surface area contributed by atoms with Crippen molar-refractivity contribution in [2.45, 2.75) is 19.8 Å². The van der Waals surface area contributed by atoms with E-state index in [-0.39, 0.29) is 11.5 Å². The van der Waals surface area contributed by atoms with Gasteiger partial charge in [0, 0.05) is 19.6 Å². The molecule has 0 unspecified atom stereocenters. The van der Waals surface area contributed by atoms with Gasteiger partial charge in [0.05, 0.1) is 15.8 Å². The van der Waals surface area contributed by atoms with Crippen LogP contribution in [0.3, 0.4) is 0 Å². The van der Waals surface area contributed by atoms with Crippen LogP contribution in [0, 0.1) is 0 Å². The Bertz CT molecular complexity index is 653. The molecule has 7 heteroatoms. The van der Waals surface area contributed by atoms with Crippen LogP contribution in [0.5, 0.6) is 0 Å². The van der Waals surface area contributed by atoms with E-state index in [4.69, 9.17) is 9.84 Å². The van der Waals surface area contributed by atoms with E-state index >= 15 is 0 Å². The zero-order valence-electron chi connectivity index (χ0n) is 11.6. The molecule has 1 aromatic heterocycles. The third-order valence-electron chi connectivity index (χ3n) is 2.78. The van der Waals surface area contributed by atoms with Gasteiger partial charge in [-0.2, -0.15) is 0 Å². The average Bonchev–Trinajstić information content (AvgIpc) is 2.84. The fraction of sp³-hybridized carbons (Fsp3) is 0.357. The van der Waals surface area contributed by atoms with E-state index in [9.17, 15) is 9.59 Å². The number of benzene rings is 1. The Hall–Kier alpha value is -1.99. The first-order chi connectivity index (χ1) is 10.1. The molecule has 0 fully saturated rings. The number of aromatic carboxylic acids is 1. The zero-order valence-corrected chi connectivity index (χ0v) is 12.4. The molecular formula is C14H16N2O4S. The Morgan fingerprint density at radius 3 is 2.95 bits per heavy atom. The van der Waals surface area contributed by atoms with Crippen LogP contribution >= 0.6 is 11.3 Å². The minimum absolute atomic E-state index is 0.118. The fourth-order valence-electron chi connectivity index (χ4n) is 1.77. The SMILES string of the molecule is CCOCCCC(=O)Nc1nc2ccc(C(=O)O)cc2s1. The normalized spacial score (nSPS) is 10.7. The average molecular weight is 308 g/mol. The quantitative estimate of drug-likeness (QED) is 0.768. The molecule has 0 aliphatic carbocycles.